The van der Waals surface area contributed by atoms with E-state index in [0.717, 1.165) is 83.3 Å². The molecule has 0 N–H and O–H groups in total. The number of pyridine rings is 2. The molecule has 0 spiro atoms. The Morgan fingerprint density at radius 1 is 0.353 bits per heavy atom. The summed E-state index contributed by atoms with van der Waals surface area (Å²) in [6, 6.07) is 58.8. The van der Waals surface area contributed by atoms with Gasteiger partial charge in [-0.25, -0.2) is 19.9 Å². The fourth-order valence-corrected chi connectivity index (χ4v) is 7.14. The van der Waals surface area contributed by atoms with Crippen LogP contribution < -0.4 is 0 Å². The number of hydrogen-bond donors (Lipinski definition) is 0. The topological polar surface area (TPSA) is 56.0 Å². The van der Waals surface area contributed by atoms with Gasteiger partial charge in [-0.15, -0.1) is 0 Å². The quantitative estimate of drug-likeness (QED) is 0.186. The Morgan fingerprint density at radius 3 is 1.67 bits per heavy atom. The molecule has 0 saturated carbocycles. The predicted octanol–water partition coefficient (Wildman–Crippen LogP) is 11.3. The minimum atomic E-state index is 0.690. The lowest BCUT2D eigenvalue weighted by molar-refractivity contribution is 1.22. The number of imidazole rings is 1. The number of fused-ring (bicyclic) bond motifs is 6. The second-order valence-corrected chi connectivity index (χ2v) is 12.7. The van der Waals surface area contributed by atoms with Crippen LogP contribution in [0, 0.1) is 0 Å². The molecular weight excluding hydrogens is 623 g/mol. The van der Waals surface area contributed by atoms with Crippen LogP contribution in [0.3, 0.4) is 0 Å². The first kappa shape index (κ1) is 29.0. The van der Waals surface area contributed by atoms with E-state index in [4.69, 9.17) is 19.9 Å². The summed E-state index contributed by atoms with van der Waals surface area (Å²) < 4.78 is 2.14. The molecule has 0 saturated heterocycles. The molecule has 51 heavy (non-hydrogen) atoms. The molecule has 0 aliphatic heterocycles. The Morgan fingerprint density at radius 2 is 0.902 bits per heavy atom. The highest BCUT2D eigenvalue weighted by molar-refractivity contribution is 6.09. The van der Waals surface area contributed by atoms with E-state index in [2.05, 4.69) is 138 Å². The Hall–Kier alpha value is -6.98. The van der Waals surface area contributed by atoms with Crippen molar-refractivity contribution < 1.29 is 0 Å². The third kappa shape index (κ3) is 5.03. The fourth-order valence-electron chi connectivity index (χ4n) is 7.14. The van der Waals surface area contributed by atoms with Crippen LogP contribution in [0.2, 0.25) is 0 Å². The Labute approximate surface area is 294 Å². The number of aromatic nitrogens is 5. The molecule has 0 bridgehead atoms. The molecule has 0 unspecified atom stereocenters. The van der Waals surface area contributed by atoms with Gasteiger partial charge in [-0.1, -0.05) is 127 Å². The number of para-hydroxylation sites is 2. The highest BCUT2D eigenvalue weighted by Crippen LogP contribution is 2.36. The zero-order valence-corrected chi connectivity index (χ0v) is 27.5. The van der Waals surface area contributed by atoms with Gasteiger partial charge in [0, 0.05) is 33.7 Å². The molecule has 5 nitrogen and oxygen atoms in total. The van der Waals surface area contributed by atoms with Gasteiger partial charge in [0.2, 0.25) is 0 Å². The number of hydrogen-bond acceptors (Lipinski definition) is 4. The number of nitrogens with zero attached hydrogens (tertiary/aromatic N) is 5. The van der Waals surface area contributed by atoms with E-state index in [0.29, 0.717) is 5.82 Å². The van der Waals surface area contributed by atoms with Crippen molar-refractivity contribution >= 4 is 38.5 Å². The van der Waals surface area contributed by atoms with Crippen LogP contribution in [0.5, 0.6) is 0 Å². The van der Waals surface area contributed by atoms with Crippen molar-refractivity contribution in [3.63, 3.8) is 0 Å². The summed E-state index contributed by atoms with van der Waals surface area (Å²) in [6.45, 7) is 0. The highest BCUT2D eigenvalue weighted by Gasteiger charge is 2.17. The Bertz CT molecular complexity index is 2930. The van der Waals surface area contributed by atoms with Gasteiger partial charge < -0.3 is 0 Å². The Kier molecular flexibility index (Phi) is 6.74. The van der Waals surface area contributed by atoms with Gasteiger partial charge in [0.1, 0.15) is 11.2 Å². The normalized spacial score (nSPS) is 11.5. The summed E-state index contributed by atoms with van der Waals surface area (Å²) in [5.74, 6) is 0.690. The van der Waals surface area contributed by atoms with Crippen LogP contribution in [0.25, 0.3) is 94.6 Å². The van der Waals surface area contributed by atoms with Gasteiger partial charge in [0.15, 0.2) is 5.82 Å². The second kappa shape index (κ2) is 11.9. The molecule has 0 aliphatic carbocycles. The van der Waals surface area contributed by atoms with Gasteiger partial charge >= 0.3 is 0 Å². The average molecular weight is 652 g/mol. The molecule has 4 aromatic heterocycles. The van der Waals surface area contributed by atoms with Crippen molar-refractivity contribution in [2.75, 3.05) is 0 Å². The molecule has 6 aromatic carbocycles. The first-order valence-electron chi connectivity index (χ1n) is 17.1. The minimum Gasteiger partial charge on any atom is -0.298 e. The van der Waals surface area contributed by atoms with Crippen molar-refractivity contribution in [1.29, 1.82) is 0 Å². The fraction of sp³-hybridized carbons (Fsp3) is 0. The summed E-state index contributed by atoms with van der Waals surface area (Å²) >= 11 is 0. The molecule has 10 aromatic rings. The van der Waals surface area contributed by atoms with E-state index in [-0.39, 0.29) is 0 Å². The van der Waals surface area contributed by atoms with Crippen molar-refractivity contribution in [2.45, 2.75) is 0 Å². The maximum Gasteiger partial charge on any atom is 0.160 e. The lowest BCUT2D eigenvalue weighted by Gasteiger charge is -2.12. The van der Waals surface area contributed by atoms with Crippen molar-refractivity contribution in [2.24, 2.45) is 0 Å². The van der Waals surface area contributed by atoms with Gasteiger partial charge in [0.25, 0.3) is 0 Å². The van der Waals surface area contributed by atoms with Crippen LogP contribution in [0.1, 0.15) is 0 Å². The van der Waals surface area contributed by atoms with Crippen molar-refractivity contribution in [1.82, 2.24) is 24.3 Å². The van der Waals surface area contributed by atoms with Gasteiger partial charge in [-0.3, -0.25) is 4.40 Å². The molecule has 10 rings (SSSR count). The molecule has 5 heteroatoms. The molecule has 0 fully saturated rings. The summed E-state index contributed by atoms with van der Waals surface area (Å²) in [4.78, 5) is 20.5. The monoisotopic (exact) mass is 651 g/mol. The summed E-state index contributed by atoms with van der Waals surface area (Å²) in [5, 5.41) is 2.07. The zero-order valence-electron chi connectivity index (χ0n) is 27.5. The standard InChI is InChI=1S/C46H29N5/c1-2-13-30(14-3-1)31-15-10-18-34(27-31)42-37-21-4-7-24-40(37)48-46(50-42)36-20-12-17-33(29-36)32-16-11-19-35(28-32)43-45-44(38-22-5-6-23-39(38)47-43)49-41-25-8-9-26-51(41)45/h1-29H. The maximum absolute atomic E-state index is 5.23. The first-order valence-corrected chi connectivity index (χ1v) is 17.1. The molecule has 0 amide bonds. The van der Waals surface area contributed by atoms with Crippen molar-refractivity contribution in [3.8, 4) is 56.2 Å². The van der Waals surface area contributed by atoms with E-state index >= 15 is 0 Å². The van der Waals surface area contributed by atoms with Crippen LogP contribution in [-0.2, 0) is 0 Å². The summed E-state index contributed by atoms with van der Waals surface area (Å²) in [5.41, 5.74) is 14.0. The van der Waals surface area contributed by atoms with E-state index in [1.165, 1.54) is 5.56 Å². The molecule has 238 valence electrons. The van der Waals surface area contributed by atoms with E-state index in [9.17, 15) is 0 Å². The smallest absolute Gasteiger partial charge is 0.160 e. The molecule has 4 heterocycles. The lowest BCUT2D eigenvalue weighted by Crippen LogP contribution is -1.96. The van der Waals surface area contributed by atoms with Crippen LogP contribution >= 0.6 is 0 Å². The van der Waals surface area contributed by atoms with Gasteiger partial charge in [0.05, 0.1) is 27.9 Å². The van der Waals surface area contributed by atoms with Crippen LogP contribution in [0.4, 0.5) is 0 Å². The molecule has 0 aliphatic rings. The van der Waals surface area contributed by atoms with Crippen molar-refractivity contribution in [3.05, 3.63) is 176 Å². The second-order valence-electron chi connectivity index (χ2n) is 12.7. The SMILES string of the molecule is c1ccc(-c2cccc(-c3nc(-c4cccc(-c5cccc(-c6nc7ccccc7c7nc8ccccn8c67)c5)c4)nc4ccccc34)c2)cc1. The van der Waals surface area contributed by atoms with Gasteiger partial charge in [-0.05, 0) is 64.7 Å². The van der Waals surface area contributed by atoms with Crippen LogP contribution in [-0.4, -0.2) is 24.3 Å². The molecule has 0 atom stereocenters. The van der Waals surface area contributed by atoms with E-state index in [1.54, 1.807) is 0 Å². The lowest BCUT2D eigenvalue weighted by atomic mass is 9.98. The first-order chi connectivity index (χ1) is 25.3. The minimum absolute atomic E-state index is 0.690. The van der Waals surface area contributed by atoms with E-state index in [1.807, 2.05) is 42.5 Å². The largest absolute Gasteiger partial charge is 0.298 e. The molecular formula is C46H29N5. The number of rotatable bonds is 5. The third-order valence-corrected chi connectivity index (χ3v) is 9.58. The van der Waals surface area contributed by atoms with Gasteiger partial charge in [-0.2, -0.15) is 0 Å². The summed E-state index contributed by atoms with van der Waals surface area (Å²) in [7, 11) is 0. The van der Waals surface area contributed by atoms with E-state index < -0.39 is 0 Å². The zero-order chi connectivity index (χ0) is 33.7. The highest BCUT2D eigenvalue weighted by atomic mass is 15.0. The molecule has 0 radical (unpaired) electrons. The maximum atomic E-state index is 5.23. The predicted molar refractivity (Wildman–Crippen MR) is 208 cm³/mol. The number of benzene rings is 6. The third-order valence-electron chi connectivity index (χ3n) is 9.58. The van der Waals surface area contributed by atoms with Crippen LogP contribution in [0.15, 0.2) is 176 Å². The summed E-state index contributed by atoms with van der Waals surface area (Å²) in [6.07, 6.45) is 2.06. The Balaban J connectivity index is 1.09. The average Bonchev–Trinajstić information content (AvgIpc) is 3.61.